The lowest BCUT2D eigenvalue weighted by atomic mass is 10.2. The summed E-state index contributed by atoms with van der Waals surface area (Å²) >= 11 is 11.0. The fourth-order valence-electron chi connectivity index (χ4n) is 2.07. The summed E-state index contributed by atoms with van der Waals surface area (Å²) in [5.74, 6) is -0.538. The van der Waals surface area contributed by atoms with Gasteiger partial charge in [0.05, 0.1) is 5.56 Å². The van der Waals surface area contributed by atoms with Crippen LogP contribution in [0.4, 0.5) is 0 Å². The maximum atomic E-state index is 12.3. The van der Waals surface area contributed by atoms with Crippen molar-refractivity contribution >= 4 is 46.8 Å². The number of hydrazine groups is 1. The second kappa shape index (κ2) is 10.9. The Morgan fingerprint density at radius 3 is 2.57 bits per heavy atom. The fraction of sp³-hybridized carbons (Fsp3) is 0.0500. The smallest absolute Gasteiger partial charge is 0.273 e. The van der Waals surface area contributed by atoms with E-state index in [1.54, 1.807) is 54.6 Å². The van der Waals surface area contributed by atoms with Gasteiger partial charge in [-0.25, -0.2) is 0 Å². The average molecular weight is 416 g/mol. The predicted octanol–water partition coefficient (Wildman–Crippen LogP) is 3.25. The fourth-order valence-corrected chi connectivity index (χ4v) is 2.42. The molecule has 0 atom stereocenters. The van der Waals surface area contributed by atoms with E-state index in [9.17, 15) is 9.59 Å². The van der Waals surface area contributed by atoms with Crippen molar-refractivity contribution in [2.45, 2.75) is 0 Å². The van der Waals surface area contributed by atoms with Crippen LogP contribution in [0.2, 0.25) is 5.02 Å². The zero-order valence-electron chi connectivity index (χ0n) is 14.8. The van der Waals surface area contributed by atoms with Crippen LogP contribution in [0.15, 0.2) is 67.3 Å². The highest BCUT2D eigenvalue weighted by Gasteiger charge is 2.12. The first-order valence-electron chi connectivity index (χ1n) is 8.18. The van der Waals surface area contributed by atoms with Crippen LogP contribution < -0.4 is 20.9 Å². The number of hydrogen-bond donors (Lipinski definition) is 3. The molecule has 2 aromatic carbocycles. The molecule has 0 radical (unpaired) electrons. The lowest BCUT2D eigenvalue weighted by molar-refractivity contribution is -0.115. The van der Waals surface area contributed by atoms with Crippen LogP contribution in [0.1, 0.15) is 15.9 Å². The number of hydrogen-bond acceptors (Lipinski definition) is 4. The second-order valence-electron chi connectivity index (χ2n) is 5.35. The van der Waals surface area contributed by atoms with Crippen molar-refractivity contribution in [1.29, 1.82) is 0 Å². The SMILES string of the molecule is C=CCOc1ccccc1C(=O)NNC(=S)NC(=O)/C=C/c1ccccc1Cl. The van der Waals surface area contributed by atoms with Crippen molar-refractivity contribution in [3.05, 3.63) is 83.4 Å². The zero-order valence-corrected chi connectivity index (χ0v) is 16.3. The molecule has 28 heavy (non-hydrogen) atoms. The van der Waals surface area contributed by atoms with E-state index in [0.717, 1.165) is 0 Å². The van der Waals surface area contributed by atoms with Gasteiger partial charge in [0.2, 0.25) is 5.91 Å². The van der Waals surface area contributed by atoms with Gasteiger partial charge in [-0.05, 0) is 42.1 Å². The topological polar surface area (TPSA) is 79.5 Å². The highest BCUT2D eigenvalue weighted by atomic mass is 35.5. The van der Waals surface area contributed by atoms with Gasteiger partial charge in [-0.1, -0.05) is 54.6 Å². The molecule has 0 fully saturated rings. The van der Waals surface area contributed by atoms with Gasteiger partial charge in [-0.3, -0.25) is 25.8 Å². The normalized spacial score (nSPS) is 10.2. The summed E-state index contributed by atoms with van der Waals surface area (Å²) < 4.78 is 5.43. The van der Waals surface area contributed by atoms with Gasteiger partial charge in [0.15, 0.2) is 5.11 Å². The number of carbonyl (C=O) groups excluding carboxylic acids is 2. The van der Waals surface area contributed by atoms with Crippen LogP contribution in [0.3, 0.4) is 0 Å². The summed E-state index contributed by atoms with van der Waals surface area (Å²) in [7, 11) is 0. The van der Waals surface area contributed by atoms with Gasteiger partial charge in [-0.2, -0.15) is 0 Å². The Morgan fingerprint density at radius 2 is 1.82 bits per heavy atom. The van der Waals surface area contributed by atoms with Gasteiger partial charge in [0.25, 0.3) is 5.91 Å². The molecule has 2 aromatic rings. The predicted molar refractivity (Wildman–Crippen MR) is 114 cm³/mol. The third-order valence-electron chi connectivity index (χ3n) is 3.33. The highest BCUT2D eigenvalue weighted by molar-refractivity contribution is 7.80. The van der Waals surface area contributed by atoms with Gasteiger partial charge >= 0.3 is 0 Å². The molecule has 0 spiro atoms. The van der Waals surface area contributed by atoms with E-state index in [-0.39, 0.29) is 11.7 Å². The maximum Gasteiger partial charge on any atom is 0.273 e. The van der Waals surface area contributed by atoms with E-state index in [0.29, 0.717) is 21.9 Å². The van der Waals surface area contributed by atoms with Gasteiger partial charge in [0.1, 0.15) is 12.4 Å². The van der Waals surface area contributed by atoms with Crippen molar-refractivity contribution in [2.24, 2.45) is 0 Å². The zero-order chi connectivity index (χ0) is 20.4. The monoisotopic (exact) mass is 415 g/mol. The molecule has 0 aromatic heterocycles. The summed E-state index contributed by atoms with van der Waals surface area (Å²) in [5, 5.41) is 2.88. The molecule has 0 heterocycles. The van der Waals surface area contributed by atoms with E-state index in [1.165, 1.54) is 6.08 Å². The Hall–Kier alpha value is -3.16. The number of para-hydroxylation sites is 1. The molecule has 0 bridgehead atoms. The average Bonchev–Trinajstić information content (AvgIpc) is 2.70. The van der Waals surface area contributed by atoms with E-state index in [1.807, 2.05) is 6.07 Å². The van der Waals surface area contributed by atoms with Crippen molar-refractivity contribution in [2.75, 3.05) is 6.61 Å². The van der Waals surface area contributed by atoms with Gasteiger partial charge in [-0.15, -0.1) is 0 Å². The number of nitrogens with one attached hydrogen (secondary N) is 3. The number of ether oxygens (including phenoxy) is 1. The van der Waals surface area contributed by atoms with Crippen molar-refractivity contribution in [3.63, 3.8) is 0 Å². The molecule has 2 rings (SSSR count). The van der Waals surface area contributed by atoms with Crippen LogP contribution in [0, 0.1) is 0 Å². The van der Waals surface area contributed by atoms with Crippen molar-refractivity contribution in [3.8, 4) is 5.75 Å². The summed E-state index contributed by atoms with van der Waals surface area (Å²) in [6, 6.07) is 13.8. The third kappa shape index (κ3) is 6.53. The largest absolute Gasteiger partial charge is 0.489 e. The molecular weight excluding hydrogens is 398 g/mol. The number of amides is 2. The summed E-state index contributed by atoms with van der Waals surface area (Å²) in [4.78, 5) is 24.2. The first-order chi connectivity index (χ1) is 13.5. The lowest BCUT2D eigenvalue weighted by Crippen LogP contribution is -2.48. The number of halogens is 1. The molecule has 8 heteroatoms. The molecule has 0 aliphatic heterocycles. The number of benzene rings is 2. The molecule has 0 aliphatic rings. The van der Waals surface area contributed by atoms with Crippen molar-refractivity contribution < 1.29 is 14.3 Å². The highest BCUT2D eigenvalue weighted by Crippen LogP contribution is 2.17. The number of carbonyl (C=O) groups is 2. The maximum absolute atomic E-state index is 12.3. The van der Waals surface area contributed by atoms with Gasteiger partial charge in [0, 0.05) is 11.1 Å². The van der Waals surface area contributed by atoms with Gasteiger partial charge < -0.3 is 4.74 Å². The van der Waals surface area contributed by atoms with Crippen LogP contribution in [-0.4, -0.2) is 23.5 Å². The van der Waals surface area contributed by atoms with Crippen LogP contribution in [-0.2, 0) is 4.79 Å². The molecule has 144 valence electrons. The quantitative estimate of drug-likeness (QED) is 0.292. The summed E-state index contributed by atoms with van der Waals surface area (Å²) in [6.07, 6.45) is 4.43. The minimum atomic E-state index is -0.471. The minimum Gasteiger partial charge on any atom is -0.489 e. The minimum absolute atomic E-state index is 0.0633. The van der Waals surface area contributed by atoms with Crippen molar-refractivity contribution in [1.82, 2.24) is 16.2 Å². The Balaban J connectivity index is 1.87. The van der Waals surface area contributed by atoms with E-state index < -0.39 is 11.8 Å². The van der Waals surface area contributed by atoms with E-state index >= 15 is 0 Å². The molecule has 0 saturated carbocycles. The molecule has 0 aliphatic carbocycles. The molecule has 0 unspecified atom stereocenters. The van der Waals surface area contributed by atoms with Crippen LogP contribution in [0.5, 0.6) is 5.75 Å². The van der Waals surface area contributed by atoms with Crippen LogP contribution in [0.25, 0.3) is 6.08 Å². The second-order valence-corrected chi connectivity index (χ2v) is 6.16. The van der Waals surface area contributed by atoms with E-state index in [4.69, 9.17) is 28.6 Å². The Bertz CT molecular complexity index is 915. The Morgan fingerprint density at radius 1 is 1.11 bits per heavy atom. The molecular formula is C20H18ClN3O3S. The molecule has 2 amide bonds. The van der Waals surface area contributed by atoms with E-state index in [2.05, 4.69) is 22.7 Å². The molecule has 6 nitrogen and oxygen atoms in total. The Kier molecular flexibility index (Phi) is 8.20. The molecule has 0 saturated heterocycles. The summed E-state index contributed by atoms with van der Waals surface area (Å²) in [6.45, 7) is 3.84. The molecule has 3 N–H and O–H groups in total. The summed E-state index contributed by atoms with van der Waals surface area (Å²) in [5.41, 5.74) is 5.88. The standard InChI is InChI=1S/C20H18ClN3O3S/c1-2-13-27-17-10-6-4-8-15(17)19(26)23-24-20(28)22-18(25)12-11-14-7-3-5-9-16(14)21/h2-12H,1,13H2,(H,23,26)(H2,22,24,25,28)/b12-11+. The third-order valence-corrected chi connectivity index (χ3v) is 3.88. The first kappa shape index (κ1) is 21.1. The first-order valence-corrected chi connectivity index (χ1v) is 8.96. The number of thiocarbonyl (C=S) groups is 1. The van der Waals surface area contributed by atoms with Crippen LogP contribution >= 0.6 is 23.8 Å². The number of rotatable bonds is 6. The Labute approximate surface area is 173 Å². The lowest BCUT2D eigenvalue weighted by Gasteiger charge is -2.12.